The van der Waals surface area contributed by atoms with E-state index in [2.05, 4.69) is 68.5 Å². The minimum absolute atomic E-state index is 0.504. The maximum Gasteiger partial charge on any atom is 0.0223 e. The van der Waals surface area contributed by atoms with Gasteiger partial charge in [-0.3, -0.25) is 0 Å². The molecule has 0 heterocycles. The summed E-state index contributed by atoms with van der Waals surface area (Å²) < 4.78 is 0.676. The number of hydrogen-bond acceptors (Lipinski definition) is 0. The first-order chi connectivity index (χ1) is 10.4. The van der Waals surface area contributed by atoms with Gasteiger partial charge in [-0.1, -0.05) is 68.0 Å². The summed E-state index contributed by atoms with van der Waals surface area (Å²) in [7, 11) is 0. The van der Waals surface area contributed by atoms with Crippen molar-refractivity contribution in [2.45, 2.75) is 88.9 Å². The third kappa shape index (κ3) is 5.54. The van der Waals surface area contributed by atoms with Gasteiger partial charge in [0, 0.05) is 3.42 Å². The lowest BCUT2D eigenvalue weighted by molar-refractivity contribution is 0.313. The van der Waals surface area contributed by atoms with Gasteiger partial charge in [0.05, 0.1) is 0 Å². The average molecular weight is 412 g/mol. The summed E-state index contributed by atoms with van der Waals surface area (Å²) in [5.41, 5.74) is 5.24. The van der Waals surface area contributed by atoms with Crippen LogP contribution < -0.4 is 0 Å². The zero-order valence-corrected chi connectivity index (χ0v) is 17.1. The molecule has 0 aliphatic heterocycles. The summed E-state index contributed by atoms with van der Waals surface area (Å²) >= 11 is 2.68. The van der Waals surface area contributed by atoms with Crippen molar-refractivity contribution in [1.82, 2.24) is 0 Å². The Balaban J connectivity index is 1.85. The van der Waals surface area contributed by atoms with Crippen LogP contribution in [0.1, 0.15) is 82.4 Å². The van der Waals surface area contributed by atoms with Crippen LogP contribution in [0.3, 0.4) is 0 Å². The van der Waals surface area contributed by atoms with E-state index in [-0.39, 0.29) is 0 Å². The predicted octanol–water partition coefficient (Wildman–Crippen LogP) is 7.04. The van der Waals surface area contributed by atoms with E-state index in [0.29, 0.717) is 8.84 Å². The monoisotopic (exact) mass is 412 g/mol. The fourth-order valence-corrected chi connectivity index (χ4v) is 3.84. The molecular formula is C21H33I. The van der Waals surface area contributed by atoms with Crippen LogP contribution in [0.25, 0.3) is 0 Å². The summed E-state index contributed by atoms with van der Waals surface area (Å²) in [5.74, 6) is 0. The molecule has 1 saturated carbocycles. The smallest absolute Gasteiger partial charge is 0.0223 e. The third-order valence-electron chi connectivity index (χ3n) is 5.68. The standard InChI is InChI=1S/C21H33I/c1-5-20(3,4)13-7-11-18-9-6-10-19(17(18)2)12-8-14-21(22)15-16-21/h6,9-10H,5,7-8,11-16H2,1-4H3. The van der Waals surface area contributed by atoms with E-state index >= 15 is 0 Å². The highest BCUT2D eigenvalue weighted by molar-refractivity contribution is 14.1. The Morgan fingerprint density at radius 1 is 1.09 bits per heavy atom. The molecule has 1 aliphatic rings. The third-order valence-corrected chi connectivity index (χ3v) is 7.30. The first-order valence-electron chi connectivity index (χ1n) is 9.11. The molecule has 1 heteroatoms. The SMILES string of the molecule is CCC(C)(C)CCCc1cccc(CCCC2(I)CC2)c1C. The molecule has 22 heavy (non-hydrogen) atoms. The van der Waals surface area contributed by atoms with Gasteiger partial charge in [0.2, 0.25) is 0 Å². The quantitative estimate of drug-likeness (QED) is 0.301. The molecule has 0 bridgehead atoms. The van der Waals surface area contributed by atoms with Crippen LogP contribution in [0.5, 0.6) is 0 Å². The Bertz CT molecular complexity index is 483. The van der Waals surface area contributed by atoms with Crippen LogP contribution >= 0.6 is 22.6 Å². The van der Waals surface area contributed by atoms with Crippen LogP contribution in [-0.4, -0.2) is 3.42 Å². The highest BCUT2D eigenvalue weighted by Crippen LogP contribution is 2.48. The van der Waals surface area contributed by atoms with E-state index < -0.39 is 0 Å². The molecule has 0 saturated heterocycles. The Labute approximate surface area is 151 Å². The molecular weight excluding hydrogens is 379 g/mol. The fraction of sp³-hybridized carbons (Fsp3) is 0.714. The molecule has 0 spiro atoms. The van der Waals surface area contributed by atoms with Crippen molar-refractivity contribution in [3.05, 3.63) is 34.9 Å². The van der Waals surface area contributed by atoms with E-state index in [0.717, 1.165) is 0 Å². The number of hydrogen-bond donors (Lipinski definition) is 0. The number of aryl methyl sites for hydroxylation is 2. The lowest BCUT2D eigenvalue weighted by atomic mass is 9.83. The van der Waals surface area contributed by atoms with E-state index in [4.69, 9.17) is 0 Å². The first kappa shape index (κ1) is 18.3. The summed E-state index contributed by atoms with van der Waals surface area (Å²) in [6.07, 6.45) is 12.1. The van der Waals surface area contributed by atoms with Gasteiger partial charge < -0.3 is 0 Å². The summed E-state index contributed by atoms with van der Waals surface area (Å²) in [4.78, 5) is 0. The molecule has 0 atom stereocenters. The average Bonchev–Trinajstić information content (AvgIpc) is 3.20. The van der Waals surface area contributed by atoms with Crippen LogP contribution in [-0.2, 0) is 12.8 Å². The molecule has 0 nitrogen and oxygen atoms in total. The molecule has 2 rings (SSSR count). The van der Waals surface area contributed by atoms with Crippen molar-refractivity contribution >= 4 is 22.6 Å². The van der Waals surface area contributed by atoms with Gasteiger partial charge in [-0.25, -0.2) is 0 Å². The number of alkyl halides is 1. The van der Waals surface area contributed by atoms with Crippen molar-refractivity contribution in [2.24, 2.45) is 5.41 Å². The molecule has 0 unspecified atom stereocenters. The maximum atomic E-state index is 2.68. The van der Waals surface area contributed by atoms with Gasteiger partial charge in [0.25, 0.3) is 0 Å². The van der Waals surface area contributed by atoms with E-state index in [1.807, 2.05) is 0 Å². The highest BCUT2D eigenvalue weighted by Gasteiger charge is 2.38. The van der Waals surface area contributed by atoms with E-state index in [1.165, 1.54) is 57.8 Å². The minimum atomic E-state index is 0.504. The highest BCUT2D eigenvalue weighted by atomic mass is 127. The zero-order chi connectivity index (χ0) is 16.2. The number of benzene rings is 1. The Morgan fingerprint density at radius 3 is 2.23 bits per heavy atom. The van der Waals surface area contributed by atoms with Crippen molar-refractivity contribution in [1.29, 1.82) is 0 Å². The van der Waals surface area contributed by atoms with Gasteiger partial charge in [0.15, 0.2) is 0 Å². The van der Waals surface area contributed by atoms with Gasteiger partial charge >= 0.3 is 0 Å². The van der Waals surface area contributed by atoms with Crippen LogP contribution in [0.4, 0.5) is 0 Å². The molecule has 1 aliphatic carbocycles. The molecule has 124 valence electrons. The second-order valence-electron chi connectivity index (χ2n) is 8.08. The largest absolute Gasteiger partial charge is 0.0789 e. The van der Waals surface area contributed by atoms with E-state index in [1.54, 1.807) is 16.7 Å². The first-order valence-corrected chi connectivity index (χ1v) is 10.2. The van der Waals surface area contributed by atoms with Crippen LogP contribution in [0.15, 0.2) is 18.2 Å². The van der Waals surface area contributed by atoms with Crippen molar-refractivity contribution in [3.63, 3.8) is 0 Å². The molecule has 0 N–H and O–H groups in total. The topological polar surface area (TPSA) is 0 Å². The Kier molecular flexibility index (Phi) is 6.39. The number of halogens is 1. The molecule has 0 aromatic heterocycles. The minimum Gasteiger partial charge on any atom is -0.0789 e. The van der Waals surface area contributed by atoms with Crippen LogP contribution in [0, 0.1) is 12.3 Å². The van der Waals surface area contributed by atoms with Crippen LogP contribution in [0.2, 0.25) is 0 Å². The molecule has 1 aromatic rings. The maximum absolute atomic E-state index is 2.68. The second kappa shape index (κ2) is 7.68. The lowest BCUT2D eigenvalue weighted by Crippen LogP contribution is -2.09. The summed E-state index contributed by atoms with van der Waals surface area (Å²) in [5, 5.41) is 0. The molecule has 1 fully saturated rings. The van der Waals surface area contributed by atoms with Crippen molar-refractivity contribution < 1.29 is 0 Å². The molecule has 0 amide bonds. The zero-order valence-electron chi connectivity index (χ0n) is 15.0. The summed E-state index contributed by atoms with van der Waals surface area (Å²) in [6, 6.07) is 6.97. The van der Waals surface area contributed by atoms with E-state index in [9.17, 15) is 0 Å². The summed E-state index contributed by atoms with van der Waals surface area (Å²) in [6.45, 7) is 9.44. The fourth-order valence-electron chi connectivity index (χ4n) is 3.19. The normalized spacial score (nSPS) is 16.8. The Morgan fingerprint density at radius 2 is 1.68 bits per heavy atom. The lowest BCUT2D eigenvalue weighted by Gasteiger charge is -2.22. The van der Waals surface area contributed by atoms with Crippen molar-refractivity contribution in [2.75, 3.05) is 0 Å². The predicted molar refractivity (Wildman–Crippen MR) is 107 cm³/mol. The van der Waals surface area contributed by atoms with Gasteiger partial charge in [0.1, 0.15) is 0 Å². The molecule has 1 aromatic carbocycles. The van der Waals surface area contributed by atoms with Crippen molar-refractivity contribution in [3.8, 4) is 0 Å². The number of rotatable bonds is 9. The van der Waals surface area contributed by atoms with Gasteiger partial charge in [-0.15, -0.1) is 0 Å². The Hall–Kier alpha value is -0.0500. The van der Waals surface area contributed by atoms with Gasteiger partial charge in [-0.05, 0) is 80.4 Å². The second-order valence-corrected chi connectivity index (χ2v) is 10.4. The molecule has 0 radical (unpaired) electrons. The van der Waals surface area contributed by atoms with Gasteiger partial charge in [-0.2, -0.15) is 0 Å².